The molecule has 1 saturated heterocycles. The van der Waals surface area contributed by atoms with Gasteiger partial charge in [0.1, 0.15) is 5.75 Å². The van der Waals surface area contributed by atoms with Gasteiger partial charge in [-0.05, 0) is 67.1 Å². The Morgan fingerprint density at radius 2 is 1.59 bits per heavy atom. The summed E-state index contributed by atoms with van der Waals surface area (Å²) in [5.74, 6) is 0.834. The predicted octanol–water partition coefficient (Wildman–Crippen LogP) is 4.39. The summed E-state index contributed by atoms with van der Waals surface area (Å²) >= 11 is 0. The van der Waals surface area contributed by atoms with Gasteiger partial charge in [0.05, 0.1) is 18.7 Å². The molecule has 0 spiro atoms. The molecule has 1 unspecified atom stereocenters. The number of rotatable bonds is 8. The van der Waals surface area contributed by atoms with E-state index in [1.807, 2.05) is 24.3 Å². The highest BCUT2D eigenvalue weighted by atomic mass is 19.4. The number of hydrogen-bond donors (Lipinski definition) is 1. The van der Waals surface area contributed by atoms with Gasteiger partial charge >= 0.3 is 6.18 Å². The molecule has 0 bridgehead atoms. The molecule has 1 saturated carbocycles. The summed E-state index contributed by atoms with van der Waals surface area (Å²) in [5, 5.41) is 3.13. The molecule has 1 aliphatic heterocycles. The highest BCUT2D eigenvalue weighted by Crippen LogP contribution is 2.32. The Bertz CT molecular complexity index is 1040. The number of nitrogens with zero attached hydrogens (tertiary/aromatic N) is 2. The Balaban J connectivity index is 1.33. The minimum Gasteiger partial charge on any atom is -0.497 e. The molecule has 6 nitrogen and oxygen atoms in total. The molecular formula is C28H34F3N3O3. The van der Waals surface area contributed by atoms with Gasteiger partial charge in [0.15, 0.2) is 0 Å². The molecule has 2 aliphatic rings. The van der Waals surface area contributed by atoms with E-state index in [9.17, 15) is 22.8 Å². The van der Waals surface area contributed by atoms with Crippen molar-refractivity contribution in [3.63, 3.8) is 0 Å². The molecule has 200 valence electrons. The Hall–Kier alpha value is -3.07. The number of amides is 2. The average molecular weight is 518 g/mol. The average Bonchev–Trinajstić information content (AvgIpc) is 3.43. The summed E-state index contributed by atoms with van der Waals surface area (Å²) < 4.78 is 43.7. The molecule has 1 aliphatic carbocycles. The molecule has 2 fully saturated rings. The molecule has 2 aromatic carbocycles. The van der Waals surface area contributed by atoms with Gasteiger partial charge in [0, 0.05) is 38.3 Å². The Labute approximate surface area is 215 Å². The quantitative estimate of drug-likeness (QED) is 0.564. The minimum atomic E-state index is -4.43. The van der Waals surface area contributed by atoms with E-state index in [1.165, 1.54) is 12.1 Å². The van der Waals surface area contributed by atoms with Crippen molar-refractivity contribution in [2.24, 2.45) is 5.92 Å². The fourth-order valence-electron chi connectivity index (χ4n) is 5.37. The molecule has 9 heteroatoms. The maximum absolute atomic E-state index is 13.3. The van der Waals surface area contributed by atoms with E-state index in [2.05, 4.69) is 10.2 Å². The molecular weight excluding hydrogens is 483 g/mol. The molecule has 0 radical (unpaired) electrons. The standard InChI is InChI=1S/C28H34F3N3O3/c1-37-24-12-6-20(7-13-24)14-15-32-26(35)25(21-4-2-3-5-21)33-16-18-34(19-17-33)27(36)22-8-10-23(11-9-22)28(29,30)31/h6-13,21,25H,2-5,14-19H2,1H3,(H,32,35). The van der Waals surface area contributed by atoms with E-state index in [1.54, 1.807) is 12.0 Å². The first-order chi connectivity index (χ1) is 17.8. The van der Waals surface area contributed by atoms with Crippen molar-refractivity contribution in [3.8, 4) is 5.75 Å². The first-order valence-corrected chi connectivity index (χ1v) is 12.9. The van der Waals surface area contributed by atoms with Gasteiger partial charge in [0.2, 0.25) is 5.91 Å². The number of ether oxygens (including phenoxy) is 1. The molecule has 0 aromatic heterocycles. The fourth-order valence-corrected chi connectivity index (χ4v) is 5.37. The van der Waals surface area contributed by atoms with E-state index in [0.29, 0.717) is 32.7 Å². The second-order valence-corrected chi connectivity index (χ2v) is 9.78. The zero-order valence-corrected chi connectivity index (χ0v) is 21.1. The molecule has 2 aromatic rings. The largest absolute Gasteiger partial charge is 0.497 e. The maximum atomic E-state index is 13.3. The molecule has 1 heterocycles. The second kappa shape index (κ2) is 12.0. The number of halogens is 3. The highest BCUT2D eigenvalue weighted by Gasteiger charge is 2.37. The van der Waals surface area contributed by atoms with Crippen LogP contribution in [0.4, 0.5) is 13.2 Å². The summed E-state index contributed by atoms with van der Waals surface area (Å²) in [5.41, 5.74) is 0.588. The van der Waals surface area contributed by atoms with E-state index < -0.39 is 11.7 Å². The Morgan fingerprint density at radius 3 is 2.16 bits per heavy atom. The highest BCUT2D eigenvalue weighted by molar-refractivity contribution is 5.94. The van der Waals surface area contributed by atoms with E-state index in [0.717, 1.165) is 55.5 Å². The number of benzene rings is 2. The van der Waals surface area contributed by atoms with E-state index in [4.69, 9.17) is 4.74 Å². The van der Waals surface area contributed by atoms with Crippen LogP contribution < -0.4 is 10.1 Å². The van der Waals surface area contributed by atoms with E-state index >= 15 is 0 Å². The number of carbonyl (C=O) groups excluding carboxylic acids is 2. The van der Waals surface area contributed by atoms with Crippen LogP contribution in [0.15, 0.2) is 48.5 Å². The number of piperazine rings is 1. The van der Waals surface area contributed by atoms with Gasteiger partial charge in [-0.25, -0.2) is 0 Å². The number of nitrogens with one attached hydrogen (secondary N) is 1. The van der Waals surface area contributed by atoms with Crippen molar-refractivity contribution in [2.75, 3.05) is 39.8 Å². The van der Waals surface area contributed by atoms with Crippen LogP contribution >= 0.6 is 0 Å². The topological polar surface area (TPSA) is 61.9 Å². The monoisotopic (exact) mass is 517 g/mol. The summed E-state index contributed by atoms with van der Waals surface area (Å²) in [6, 6.07) is 11.9. The summed E-state index contributed by atoms with van der Waals surface area (Å²) in [6.45, 7) is 2.52. The van der Waals surface area contributed by atoms with E-state index in [-0.39, 0.29) is 29.3 Å². The zero-order valence-electron chi connectivity index (χ0n) is 21.1. The number of carbonyl (C=O) groups is 2. The molecule has 1 atom stereocenters. The smallest absolute Gasteiger partial charge is 0.416 e. The molecule has 37 heavy (non-hydrogen) atoms. The van der Waals surface area contributed by atoms with Crippen LogP contribution in [0, 0.1) is 5.92 Å². The SMILES string of the molecule is COc1ccc(CCNC(=O)C(C2CCCC2)N2CCN(C(=O)c3ccc(C(F)(F)F)cc3)CC2)cc1. The van der Waals surface area contributed by atoms with Crippen molar-refractivity contribution < 1.29 is 27.5 Å². The number of hydrogen-bond acceptors (Lipinski definition) is 4. The van der Waals surface area contributed by atoms with Gasteiger partial charge in [-0.3, -0.25) is 14.5 Å². The predicted molar refractivity (Wildman–Crippen MR) is 134 cm³/mol. The van der Waals surface area contributed by atoms with Gasteiger partial charge in [0.25, 0.3) is 5.91 Å². The maximum Gasteiger partial charge on any atom is 0.416 e. The number of alkyl halides is 3. The fraction of sp³-hybridized carbons (Fsp3) is 0.500. The summed E-state index contributed by atoms with van der Waals surface area (Å²) in [6.07, 6.45) is 0.558. The lowest BCUT2D eigenvalue weighted by Gasteiger charge is -2.40. The normalized spacial score (nSPS) is 18.0. The third kappa shape index (κ3) is 6.83. The van der Waals surface area contributed by atoms with Crippen LogP contribution in [-0.4, -0.2) is 67.5 Å². The van der Waals surface area contributed by atoms with Gasteiger partial charge < -0.3 is 15.0 Å². The first-order valence-electron chi connectivity index (χ1n) is 12.9. The van der Waals surface area contributed by atoms with Crippen LogP contribution in [0.1, 0.15) is 47.2 Å². The van der Waals surface area contributed by atoms with Gasteiger partial charge in [-0.15, -0.1) is 0 Å². The van der Waals surface area contributed by atoms with Crippen molar-refractivity contribution in [2.45, 2.75) is 44.3 Å². The third-order valence-electron chi connectivity index (χ3n) is 7.44. The Kier molecular flexibility index (Phi) is 8.74. The molecule has 2 amide bonds. The van der Waals surface area contributed by atoms with Crippen LogP contribution in [0.3, 0.4) is 0 Å². The lowest BCUT2D eigenvalue weighted by atomic mass is 9.94. The molecule has 4 rings (SSSR count). The lowest BCUT2D eigenvalue weighted by Crippen LogP contribution is -2.58. The summed E-state index contributed by atoms with van der Waals surface area (Å²) in [4.78, 5) is 30.0. The van der Waals surface area contributed by atoms with Crippen molar-refractivity contribution in [3.05, 3.63) is 65.2 Å². The van der Waals surface area contributed by atoms with Gasteiger partial charge in [-0.2, -0.15) is 13.2 Å². The zero-order chi connectivity index (χ0) is 26.4. The van der Waals surface area contributed by atoms with Crippen molar-refractivity contribution >= 4 is 11.8 Å². The van der Waals surface area contributed by atoms with Crippen LogP contribution in [0.2, 0.25) is 0 Å². The third-order valence-corrected chi connectivity index (χ3v) is 7.44. The van der Waals surface area contributed by atoms with Crippen LogP contribution in [0.5, 0.6) is 5.75 Å². The lowest BCUT2D eigenvalue weighted by molar-refractivity contribution is -0.137. The summed E-state index contributed by atoms with van der Waals surface area (Å²) in [7, 11) is 1.63. The minimum absolute atomic E-state index is 0.0305. The van der Waals surface area contributed by atoms with Crippen LogP contribution in [-0.2, 0) is 17.4 Å². The first kappa shape index (κ1) is 27.0. The second-order valence-electron chi connectivity index (χ2n) is 9.78. The van der Waals surface area contributed by atoms with Gasteiger partial charge in [-0.1, -0.05) is 25.0 Å². The molecule has 1 N–H and O–H groups in total. The van der Waals surface area contributed by atoms with Crippen LogP contribution in [0.25, 0.3) is 0 Å². The Morgan fingerprint density at radius 1 is 0.973 bits per heavy atom. The van der Waals surface area contributed by atoms with Crippen molar-refractivity contribution in [1.29, 1.82) is 0 Å². The number of methoxy groups -OCH3 is 1. The van der Waals surface area contributed by atoms with Crippen molar-refractivity contribution in [1.82, 2.24) is 15.1 Å².